The van der Waals surface area contributed by atoms with Crippen LogP contribution in [-0.2, 0) is 9.53 Å². The molecule has 2 heterocycles. The number of benzene rings is 1. The number of guanidine groups is 1. The highest BCUT2D eigenvalue weighted by atomic mass is 35.5. The number of aryl methyl sites for hydroxylation is 1. The van der Waals surface area contributed by atoms with Crippen molar-refractivity contribution in [1.82, 2.24) is 10.2 Å². The molecule has 2 aliphatic rings. The van der Waals surface area contributed by atoms with Gasteiger partial charge >= 0.3 is 0 Å². The van der Waals surface area contributed by atoms with E-state index in [-0.39, 0.29) is 11.4 Å². The number of morpholine rings is 1. The predicted octanol–water partition coefficient (Wildman–Crippen LogP) is 1.55. The number of halogens is 1. The molecule has 0 atom stereocenters. The third-order valence-electron chi connectivity index (χ3n) is 4.07. The number of nitrogens with one attached hydrogen (secondary N) is 3. The molecule has 0 saturated carbocycles. The number of carbonyl (C=O) groups is 2. The first-order valence-electron chi connectivity index (χ1n) is 8.03. The lowest BCUT2D eigenvalue weighted by molar-refractivity contribution is -0.116. The van der Waals surface area contributed by atoms with Crippen LogP contribution < -0.4 is 10.6 Å². The number of amidine groups is 1. The molecule has 0 bridgehead atoms. The fourth-order valence-electron chi connectivity index (χ4n) is 2.73. The molecule has 0 unspecified atom stereocenters. The van der Waals surface area contributed by atoms with Gasteiger partial charge in [0.15, 0.2) is 12.1 Å². The summed E-state index contributed by atoms with van der Waals surface area (Å²) in [6, 6.07) is 3.24. The highest BCUT2D eigenvalue weighted by molar-refractivity contribution is 6.31. The lowest BCUT2D eigenvalue weighted by atomic mass is 10.1. The van der Waals surface area contributed by atoms with Crippen molar-refractivity contribution in [1.29, 1.82) is 5.41 Å². The molecule has 3 N–H and O–H groups in total. The van der Waals surface area contributed by atoms with Gasteiger partial charge in [-0.1, -0.05) is 11.6 Å². The van der Waals surface area contributed by atoms with E-state index < -0.39 is 5.91 Å². The largest absolute Gasteiger partial charge is 0.378 e. The molecule has 0 aliphatic carbocycles. The summed E-state index contributed by atoms with van der Waals surface area (Å²) in [5, 5.41) is 14.1. The molecular formula is C17H18ClN5O3. The average molecular weight is 376 g/mol. The molecule has 1 aromatic carbocycles. The second kappa shape index (κ2) is 7.67. The van der Waals surface area contributed by atoms with Crippen LogP contribution in [0, 0.1) is 12.3 Å². The standard InChI is InChI=1S/C17H18ClN5O3/c1-10-6-12(18)7-11(9-24)14(10)20-8-13-15(19)21-17(22-16(13)25)23-2-4-26-5-3-23/h6-9,20H,2-5H2,1H3,(H2,19,21,22,25)/b13-8+. The van der Waals surface area contributed by atoms with Gasteiger partial charge in [-0.25, -0.2) is 0 Å². The minimum atomic E-state index is -0.432. The van der Waals surface area contributed by atoms with Crippen LogP contribution in [0.1, 0.15) is 15.9 Å². The first-order chi connectivity index (χ1) is 12.5. The van der Waals surface area contributed by atoms with Gasteiger partial charge in [-0.15, -0.1) is 0 Å². The Hall–Kier alpha value is -2.71. The van der Waals surface area contributed by atoms with E-state index >= 15 is 0 Å². The van der Waals surface area contributed by atoms with Crippen molar-refractivity contribution in [2.24, 2.45) is 4.99 Å². The van der Waals surface area contributed by atoms with Gasteiger partial charge in [0.25, 0.3) is 5.91 Å². The SMILES string of the molecule is Cc1cc(Cl)cc(C=O)c1N/C=C1\C(=N)N=C(N2CCOCC2)NC1=O. The summed E-state index contributed by atoms with van der Waals surface area (Å²) in [6.45, 7) is 4.11. The minimum Gasteiger partial charge on any atom is -0.378 e. The number of rotatable bonds is 3. The summed E-state index contributed by atoms with van der Waals surface area (Å²) in [5.74, 6) is -0.225. The minimum absolute atomic E-state index is 0.0770. The Balaban J connectivity index is 1.82. The zero-order valence-corrected chi connectivity index (χ0v) is 14.9. The van der Waals surface area contributed by atoms with Crippen LogP contribution in [0.4, 0.5) is 5.69 Å². The zero-order valence-electron chi connectivity index (χ0n) is 14.1. The third-order valence-corrected chi connectivity index (χ3v) is 4.29. The molecular weight excluding hydrogens is 358 g/mol. The summed E-state index contributed by atoms with van der Waals surface area (Å²) < 4.78 is 5.27. The van der Waals surface area contributed by atoms with Crippen LogP contribution in [0.3, 0.4) is 0 Å². The number of anilines is 1. The Morgan fingerprint density at radius 3 is 2.77 bits per heavy atom. The van der Waals surface area contributed by atoms with Crippen LogP contribution >= 0.6 is 11.6 Å². The van der Waals surface area contributed by atoms with E-state index in [4.69, 9.17) is 21.7 Å². The number of carbonyl (C=O) groups excluding carboxylic acids is 2. The van der Waals surface area contributed by atoms with E-state index in [0.717, 1.165) is 5.56 Å². The Labute approximate surface area is 155 Å². The van der Waals surface area contributed by atoms with Crippen LogP contribution in [0.25, 0.3) is 0 Å². The summed E-state index contributed by atoms with van der Waals surface area (Å²) in [5.41, 5.74) is 1.72. The third kappa shape index (κ3) is 3.76. The molecule has 0 radical (unpaired) electrons. The Kier molecular flexibility index (Phi) is 5.34. The molecule has 2 aliphatic heterocycles. The van der Waals surface area contributed by atoms with Gasteiger partial charge in [-0.05, 0) is 24.6 Å². The maximum absolute atomic E-state index is 12.4. The normalized spacial score (nSPS) is 19.2. The summed E-state index contributed by atoms with van der Waals surface area (Å²) >= 11 is 5.95. The van der Waals surface area contributed by atoms with Crippen molar-refractivity contribution >= 4 is 41.3 Å². The van der Waals surface area contributed by atoms with Gasteiger partial charge in [0.05, 0.1) is 24.5 Å². The topological polar surface area (TPSA) is 107 Å². The fourth-order valence-corrected chi connectivity index (χ4v) is 3.01. The summed E-state index contributed by atoms with van der Waals surface area (Å²) in [6.07, 6.45) is 2.06. The molecule has 0 aromatic heterocycles. The molecule has 3 rings (SSSR count). The van der Waals surface area contributed by atoms with Crippen LogP contribution in [0.15, 0.2) is 28.9 Å². The molecule has 1 aromatic rings. The summed E-state index contributed by atoms with van der Waals surface area (Å²) in [4.78, 5) is 29.7. The van der Waals surface area contributed by atoms with Crippen LogP contribution in [-0.4, -0.2) is 55.2 Å². The second-order valence-corrected chi connectivity index (χ2v) is 6.28. The number of hydrogen-bond acceptors (Lipinski definition) is 6. The molecule has 0 spiro atoms. The Morgan fingerprint density at radius 1 is 1.38 bits per heavy atom. The van der Waals surface area contributed by atoms with E-state index in [2.05, 4.69) is 15.6 Å². The first-order valence-corrected chi connectivity index (χ1v) is 8.41. The van der Waals surface area contributed by atoms with Gasteiger partial charge in [-0.2, -0.15) is 4.99 Å². The van der Waals surface area contributed by atoms with Crippen molar-refractivity contribution in [2.45, 2.75) is 6.92 Å². The molecule has 9 heteroatoms. The van der Waals surface area contributed by atoms with Gasteiger partial charge in [0.2, 0.25) is 5.96 Å². The van der Waals surface area contributed by atoms with E-state index in [1.165, 1.54) is 12.3 Å². The maximum atomic E-state index is 12.4. The Bertz CT molecular complexity index is 828. The highest BCUT2D eigenvalue weighted by Crippen LogP contribution is 2.24. The van der Waals surface area contributed by atoms with E-state index in [0.29, 0.717) is 54.8 Å². The monoisotopic (exact) mass is 375 g/mol. The number of aldehydes is 1. The predicted molar refractivity (Wildman–Crippen MR) is 99.0 cm³/mol. The molecule has 136 valence electrons. The molecule has 26 heavy (non-hydrogen) atoms. The van der Waals surface area contributed by atoms with Gasteiger partial charge in [-0.3, -0.25) is 20.3 Å². The van der Waals surface area contributed by atoms with Crippen molar-refractivity contribution in [3.8, 4) is 0 Å². The molecule has 8 nitrogen and oxygen atoms in total. The zero-order chi connectivity index (χ0) is 18.7. The lowest BCUT2D eigenvalue weighted by Gasteiger charge is -2.31. The van der Waals surface area contributed by atoms with Gasteiger partial charge in [0, 0.05) is 29.9 Å². The van der Waals surface area contributed by atoms with E-state index in [1.54, 1.807) is 13.0 Å². The lowest BCUT2D eigenvalue weighted by Crippen LogP contribution is -2.52. The Morgan fingerprint density at radius 2 is 2.12 bits per heavy atom. The molecule has 1 amide bonds. The van der Waals surface area contributed by atoms with Crippen LogP contribution in [0.2, 0.25) is 5.02 Å². The number of nitrogens with zero attached hydrogens (tertiary/aromatic N) is 2. The molecule has 1 fully saturated rings. The van der Waals surface area contributed by atoms with E-state index in [1.807, 2.05) is 4.90 Å². The van der Waals surface area contributed by atoms with Crippen molar-refractivity contribution in [2.75, 3.05) is 31.6 Å². The van der Waals surface area contributed by atoms with E-state index in [9.17, 15) is 9.59 Å². The van der Waals surface area contributed by atoms with Crippen molar-refractivity contribution in [3.05, 3.63) is 40.1 Å². The van der Waals surface area contributed by atoms with Crippen molar-refractivity contribution < 1.29 is 14.3 Å². The fraction of sp³-hybridized carbons (Fsp3) is 0.294. The van der Waals surface area contributed by atoms with Gasteiger partial charge < -0.3 is 15.0 Å². The number of aliphatic imine (C=N–C) groups is 1. The molecule has 1 saturated heterocycles. The summed E-state index contributed by atoms with van der Waals surface area (Å²) in [7, 11) is 0. The smallest absolute Gasteiger partial charge is 0.263 e. The second-order valence-electron chi connectivity index (χ2n) is 5.84. The average Bonchev–Trinajstić information content (AvgIpc) is 2.62. The highest BCUT2D eigenvalue weighted by Gasteiger charge is 2.26. The number of hydrogen-bond donors (Lipinski definition) is 3. The maximum Gasteiger partial charge on any atom is 0.263 e. The number of ether oxygens (including phenoxy) is 1. The van der Waals surface area contributed by atoms with Gasteiger partial charge in [0.1, 0.15) is 0 Å². The number of amides is 1. The van der Waals surface area contributed by atoms with Crippen molar-refractivity contribution in [3.63, 3.8) is 0 Å². The first kappa shape index (κ1) is 18.1. The van der Waals surface area contributed by atoms with Crippen LogP contribution in [0.5, 0.6) is 0 Å². The quantitative estimate of drug-likeness (QED) is 0.549.